The van der Waals surface area contributed by atoms with E-state index in [-0.39, 0.29) is 0 Å². The normalized spacial score (nSPS) is 10.6. The van der Waals surface area contributed by atoms with Crippen molar-refractivity contribution in [1.29, 1.82) is 0 Å². The maximum Gasteiger partial charge on any atom is 0.168 e. The van der Waals surface area contributed by atoms with Crippen LogP contribution in [0.1, 0.15) is 11.4 Å². The number of ether oxygens (including phenoxy) is 1. The van der Waals surface area contributed by atoms with Gasteiger partial charge in [-0.05, 0) is 31.2 Å². The standard InChI is InChI=1S/C17H18N3OS/c1-14-18-19-17(22-14)15-6-8-16(9-7-15)21-13-5-12-20-10-3-2-4-11-20/h2-4,6-11H,5,12-13H2,1H3/q+1. The molecule has 0 spiro atoms. The van der Waals surface area contributed by atoms with Crippen molar-refractivity contribution in [3.63, 3.8) is 0 Å². The van der Waals surface area contributed by atoms with Gasteiger partial charge in [0.2, 0.25) is 0 Å². The van der Waals surface area contributed by atoms with Gasteiger partial charge in [-0.3, -0.25) is 0 Å². The number of aryl methyl sites for hydroxylation is 2. The zero-order chi connectivity index (χ0) is 15.2. The Morgan fingerprint density at radius 1 is 1.05 bits per heavy atom. The smallest absolute Gasteiger partial charge is 0.168 e. The first-order chi connectivity index (χ1) is 10.8. The largest absolute Gasteiger partial charge is 0.493 e. The lowest BCUT2D eigenvalue weighted by Gasteiger charge is -2.05. The first kappa shape index (κ1) is 14.7. The Morgan fingerprint density at radius 2 is 1.82 bits per heavy atom. The lowest BCUT2D eigenvalue weighted by molar-refractivity contribution is -0.697. The molecule has 0 atom stereocenters. The first-order valence-corrected chi connectivity index (χ1v) is 8.10. The summed E-state index contributed by atoms with van der Waals surface area (Å²) in [6.07, 6.45) is 5.11. The molecule has 4 nitrogen and oxygen atoms in total. The Bertz CT molecular complexity index is 710. The molecular weight excluding hydrogens is 294 g/mol. The van der Waals surface area contributed by atoms with Crippen molar-refractivity contribution in [1.82, 2.24) is 10.2 Å². The van der Waals surface area contributed by atoms with Crippen LogP contribution in [0.25, 0.3) is 10.6 Å². The lowest BCUT2D eigenvalue weighted by atomic mass is 10.2. The highest BCUT2D eigenvalue weighted by Crippen LogP contribution is 2.25. The van der Waals surface area contributed by atoms with E-state index < -0.39 is 0 Å². The molecular formula is C17H18N3OS+. The summed E-state index contributed by atoms with van der Waals surface area (Å²) in [5.41, 5.74) is 1.08. The number of hydrogen-bond acceptors (Lipinski definition) is 4. The second-order valence-electron chi connectivity index (χ2n) is 4.97. The van der Waals surface area contributed by atoms with Crippen molar-refractivity contribution >= 4 is 11.3 Å². The van der Waals surface area contributed by atoms with Crippen LogP contribution in [0, 0.1) is 6.92 Å². The van der Waals surface area contributed by atoms with Gasteiger partial charge in [0.05, 0.1) is 6.61 Å². The summed E-state index contributed by atoms with van der Waals surface area (Å²) in [6.45, 7) is 3.63. The van der Waals surface area contributed by atoms with Crippen molar-refractivity contribution in [2.24, 2.45) is 0 Å². The van der Waals surface area contributed by atoms with E-state index in [0.29, 0.717) is 6.61 Å². The predicted octanol–water partition coefficient (Wildman–Crippen LogP) is 3.27. The minimum Gasteiger partial charge on any atom is -0.493 e. The summed E-state index contributed by atoms with van der Waals surface area (Å²) >= 11 is 1.60. The molecule has 0 bridgehead atoms. The Morgan fingerprint density at radius 3 is 2.50 bits per heavy atom. The third-order valence-corrected chi connectivity index (χ3v) is 4.12. The third-order valence-electron chi connectivity index (χ3n) is 3.23. The minimum atomic E-state index is 0.707. The molecule has 112 valence electrons. The molecule has 5 heteroatoms. The molecule has 3 rings (SSSR count). The van der Waals surface area contributed by atoms with E-state index in [1.807, 2.05) is 49.4 Å². The summed E-state index contributed by atoms with van der Waals surface area (Å²) in [6, 6.07) is 14.1. The van der Waals surface area contributed by atoms with Crippen molar-refractivity contribution in [3.8, 4) is 16.3 Å². The van der Waals surface area contributed by atoms with Gasteiger partial charge in [-0.15, -0.1) is 10.2 Å². The van der Waals surface area contributed by atoms with Crippen LogP contribution in [0.2, 0.25) is 0 Å². The molecule has 0 amide bonds. The van der Waals surface area contributed by atoms with Gasteiger partial charge in [0.1, 0.15) is 15.8 Å². The van der Waals surface area contributed by atoms with Gasteiger partial charge in [0.25, 0.3) is 0 Å². The van der Waals surface area contributed by atoms with E-state index in [4.69, 9.17) is 4.74 Å². The fourth-order valence-corrected chi connectivity index (χ4v) is 2.82. The highest BCUT2D eigenvalue weighted by Gasteiger charge is 2.04. The van der Waals surface area contributed by atoms with Crippen molar-refractivity contribution in [2.75, 3.05) is 6.61 Å². The number of hydrogen-bond donors (Lipinski definition) is 0. The molecule has 1 aromatic carbocycles. The van der Waals surface area contributed by atoms with Gasteiger partial charge in [0, 0.05) is 24.1 Å². The average Bonchev–Trinajstić information content (AvgIpc) is 3.00. The molecule has 0 radical (unpaired) electrons. The van der Waals surface area contributed by atoms with Crippen LogP contribution >= 0.6 is 11.3 Å². The molecule has 3 aromatic rings. The van der Waals surface area contributed by atoms with Crippen LogP contribution in [0.3, 0.4) is 0 Å². The SMILES string of the molecule is Cc1nnc(-c2ccc(OCCC[n+]3ccccc3)cc2)s1. The maximum absolute atomic E-state index is 5.78. The van der Waals surface area contributed by atoms with Gasteiger partial charge >= 0.3 is 0 Å². The van der Waals surface area contributed by atoms with Gasteiger partial charge in [-0.2, -0.15) is 0 Å². The van der Waals surface area contributed by atoms with Gasteiger partial charge in [-0.1, -0.05) is 17.4 Å². The first-order valence-electron chi connectivity index (χ1n) is 7.29. The molecule has 2 aromatic heterocycles. The molecule has 0 saturated heterocycles. The summed E-state index contributed by atoms with van der Waals surface area (Å²) in [7, 11) is 0. The quantitative estimate of drug-likeness (QED) is 0.518. The fraction of sp³-hybridized carbons (Fsp3) is 0.235. The summed E-state index contributed by atoms with van der Waals surface area (Å²) in [5, 5.41) is 10.1. The van der Waals surface area contributed by atoms with E-state index in [1.54, 1.807) is 11.3 Å². The molecule has 2 heterocycles. The van der Waals surface area contributed by atoms with E-state index in [0.717, 1.165) is 34.3 Å². The second-order valence-corrected chi connectivity index (χ2v) is 6.15. The van der Waals surface area contributed by atoms with Crippen LogP contribution in [0.4, 0.5) is 0 Å². The predicted molar refractivity (Wildman–Crippen MR) is 86.8 cm³/mol. The summed E-state index contributed by atoms with van der Waals surface area (Å²) < 4.78 is 7.93. The maximum atomic E-state index is 5.78. The monoisotopic (exact) mass is 312 g/mol. The molecule has 0 unspecified atom stereocenters. The van der Waals surface area contributed by atoms with E-state index in [1.165, 1.54) is 0 Å². The number of aromatic nitrogens is 3. The molecule has 22 heavy (non-hydrogen) atoms. The Kier molecular flexibility index (Phi) is 4.75. The van der Waals surface area contributed by atoms with E-state index >= 15 is 0 Å². The highest BCUT2D eigenvalue weighted by molar-refractivity contribution is 7.14. The molecule has 0 aliphatic heterocycles. The van der Waals surface area contributed by atoms with Crippen LogP contribution in [-0.4, -0.2) is 16.8 Å². The topological polar surface area (TPSA) is 38.9 Å². The average molecular weight is 312 g/mol. The Hall–Kier alpha value is -2.27. The molecule has 0 N–H and O–H groups in total. The van der Waals surface area contributed by atoms with E-state index in [9.17, 15) is 0 Å². The number of rotatable bonds is 6. The van der Waals surface area contributed by atoms with Crippen LogP contribution < -0.4 is 9.30 Å². The highest BCUT2D eigenvalue weighted by atomic mass is 32.1. The zero-order valence-electron chi connectivity index (χ0n) is 12.5. The van der Waals surface area contributed by atoms with Crippen molar-refractivity contribution < 1.29 is 9.30 Å². The van der Waals surface area contributed by atoms with Crippen LogP contribution in [0.5, 0.6) is 5.75 Å². The van der Waals surface area contributed by atoms with Gasteiger partial charge in [-0.25, -0.2) is 4.57 Å². The van der Waals surface area contributed by atoms with Gasteiger partial charge < -0.3 is 4.74 Å². The molecule has 0 fully saturated rings. The zero-order valence-corrected chi connectivity index (χ0v) is 13.3. The number of benzene rings is 1. The van der Waals surface area contributed by atoms with Crippen molar-refractivity contribution in [3.05, 3.63) is 59.9 Å². The minimum absolute atomic E-state index is 0.707. The Labute approximate surface area is 134 Å². The van der Waals surface area contributed by atoms with Gasteiger partial charge in [0.15, 0.2) is 18.9 Å². The molecule has 0 saturated carbocycles. The number of nitrogens with zero attached hydrogens (tertiary/aromatic N) is 3. The number of pyridine rings is 1. The van der Waals surface area contributed by atoms with Crippen molar-refractivity contribution in [2.45, 2.75) is 19.9 Å². The third kappa shape index (κ3) is 3.89. The van der Waals surface area contributed by atoms with Crippen LogP contribution in [0.15, 0.2) is 54.9 Å². The fourth-order valence-electron chi connectivity index (χ4n) is 2.13. The van der Waals surface area contributed by atoms with E-state index in [2.05, 4.69) is 27.2 Å². The molecule has 0 aliphatic rings. The van der Waals surface area contributed by atoms with Crippen LogP contribution in [-0.2, 0) is 6.54 Å². The summed E-state index contributed by atoms with van der Waals surface area (Å²) in [4.78, 5) is 0. The summed E-state index contributed by atoms with van der Waals surface area (Å²) in [5.74, 6) is 0.892. The Balaban J connectivity index is 1.49. The lowest BCUT2D eigenvalue weighted by Crippen LogP contribution is -2.33. The molecule has 0 aliphatic carbocycles. The second kappa shape index (κ2) is 7.13.